The lowest BCUT2D eigenvalue weighted by atomic mass is 10.2. The number of hydrogen-bond acceptors (Lipinski definition) is 3. The van der Waals surface area contributed by atoms with Crippen LogP contribution in [0.25, 0.3) is 5.69 Å². The highest BCUT2D eigenvalue weighted by Crippen LogP contribution is 2.15. The van der Waals surface area contributed by atoms with Crippen LogP contribution < -0.4 is 4.74 Å². The van der Waals surface area contributed by atoms with Crippen molar-refractivity contribution in [3.63, 3.8) is 0 Å². The molecule has 0 aliphatic rings. The summed E-state index contributed by atoms with van der Waals surface area (Å²) in [7, 11) is 0. The molecule has 0 fully saturated rings. The van der Waals surface area contributed by atoms with Crippen molar-refractivity contribution in [1.29, 1.82) is 0 Å². The first kappa shape index (κ1) is 12.9. The average molecular weight is 266 g/mol. The number of alkyl halides is 1. The van der Waals surface area contributed by atoms with Gasteiger partial charge in [0.1, 0.15) is 5.75 Å². The van der Waals surface area contributed by atoms with Gasteiger partial charge in [-0.3, -0.25) is 0 Å². The van der Waals surface area contributed by atoms with Gasteiger partial charge in [-0.1, -0.05) is 5.21 Å². The zero-order chi connectivity index (χ0) is 12.8. The van der Waals surface area contributed by atoms with Crippen molar-refractivity contribution in [2.45, 2.75) is 19.8 Å². The Morgan fingerprint density at radius 1 is 1.28 bits per heavy atom. The average Bonchev–Trinajstić information content (AvgIpc) is 2.86. The molecule has 0 atom stereocenters. The molecule has 96 valence electrons. The summed E-state index contributed by atoms with van der Waals surface area (Å²) in [5, 5.41) is 8.21. The minimum absolute atomic E-state index is 0.649. The predicted octanol–water partition coefficient (Wildman–Crippen LogP) is 2.84. The monoisotopic (exact) mass is 265 g/mol. The summed E-state index contributed by atoms with van der Waals surface area (Å²) < 4.78 is 7.16. The van der Waals surface area contributed by atoms with Crippen LogP contribution in [0.2, 0.25) is 0 Å². The number of ether oxygens (including phenoxy) is 1. The van der Waals surface area contributed by atoms with Crippen LogP contribution in [0.4, 0.5) is 0 Å². The predicted molar refractivity (Wildman–Crippen MR) is 71.6 cm³/mol. The molecule has 0 saturated carbocycles. The van der Waals surface area contributed by atoms with E-state index in [1.165, 1.54) is 0 Å². The van der Waals surface area contributed by atoms with E-state index in [9.17, 15) is 0 Å². The van der Waals surface area contributed by atoms with Crippen molar-refractivity contribution >= 4 is 11.6 Å². The highest BCUT2D eigenvalue weighted by atomic mass is 35.5. The van der Waals surface area contributed by atoms with Gasteiger partial charge in [0.05, 0.1) is 24.2 Å². The molecule has 0 N–H and O–H groups in total. The number of hydrogen-bond donors (Lipinski definition) is 0. The lowest BCUT2D eigenvalue weighted by Gasteiger charge is -2.04. The minimum atomic E-state index is 0.649. The second-order valence-corrected chi connectivity index (χ2v) is 4.25. The van der Waals surface area contributed by atoms with Gasteiger partial charge >= 0.3 is 0 Å². The van der Waals surface area contributed by atoms with Crippen molar-refractivity contribution in [2.24, 2.45) is 0 Å². The molecule has 0 unspecified atom stereocenters. The standard InChI is InChI=1S/C13H16ClN3O/c1-2-18-13-7-5-12(6-8-13)17-10-11(15-16-17)4-3-9-14/h5-8,10H,2-4,9H2,1H3. The van der Waals surface area contributed by atoms with Gasteiger partial charge in [0.25, 0.3) is 0 Å². The molecule has 0 bridgehead atoms. The van der Waals surface area contributed by atoms with Crippen LogP contribution in [0, 0.1) is 0 Å². The fourth-order valence-corrected chi connectivity index (χ4v) is 1.78. The van der Waals surface area contributed by atoms with Crippen LogP contribution in [-0.4, -0.2) is 27.5 Å². The molecule has 0 saturated heterocycles. The van der Waals surface area contributed by atoms with Crippen molar-refractivity contribution in [3.8, 4) is 11.4 Å². The van der Waals surface area contributed by atoms with Crippen LogP contribution in [0.1, 0.15) is 19.0 Å². The maximum absolute atomic E-state index is 5.65. The Morgan fingerprint density at radius 2 is 2.06 bits per heavy atom. The van der Waals surface area contributed by atoms with Gasteiger partial charge in [0.2, 0.25) is 0 Å². The van der Waals surface area contributed by atoms with Crippen LogP contribution in [0.5, 0.6) is 5.75 Å². The molecule has 1 aromatic heterocycles. The Kier molecular flexibility index (Phi) is 4.59. The summed E-state index contributed by atoms with van der Waals surface area (Å²) in [6, 6.07) is 7.79. The minimum Gasteiger partial charge on any atom is -0.494 e. The van der Waals surface area contributed by atoms with Crippen molar-refractivity contribution in [1.82, 2.24) is 15.0 Å². The number of nitrogens with zero attached hydrogens (tertiary/aromatic N) is 3. The Bertz CT molecular complexity index is 481. The van der Waals surface area contributed by atoms with E-state index in [4.69, 9.17) is 16.3 Å². The molecule has 18 heavy (non-hydrogen) atoms. The van der Waals surface area contributed by atoms with Crippen LogP contribution >= 0.6 is 11.6 Å². The molecular weight excluding hydrogens is 250 g/mol. The molecule has 1 heterocycles. The molecule has 0 radical (unpaired) electrons. The van der Waals surface area contributed by atoms with Crippen LogP contribution in [-0.2, 0) is 6.42 Å². The largest absolute Gasteiger partial charge is 0.494 e. The first-order valence-electron chi connectivity index (χ1n) is 6.04. The molecule has 0 aliphatic heterocycles. The van der Waals surface area contributed by atoms with Crippen molar-refractivity contribution in [3.05, 3.63) is 36.2 Å². The smallest absolute Gasteiger partial charge is 0.119 e. The highest BCUT2D eigenvalue weighted by Gasteiger charge is 2.02. The highest BCUT2D eigenvalue weighted by molar-refractivity contribution is 6.17. The lowest BCUT2D eigenvalue weighted by Crippen LogP contribution is -1.96. The molecule has 0 spiro atoms. The van der Waals surface area contributed by atoms with E-state index in [-0.39, 0.29) is 0 Å². The summed E-state index contributed by atoms with van der Waals surface area (Å²) in [5.74, 6) is 1.51. The van der Waals surface area contributed by atoms with E-state index < -0.39 is 0 Å². The van der Waals surface area contributed by atoms with Gasteiger partial charge in [-0.15, -0.1) is 16.7 Å². The Labute approximate surface area is 112 Å². The quantitative estimate of drug-likeness (QED) is 0.754. The van der Waals surface area contributed by atoms with E-state index in [0.29, 0.717) is 12.5 Å². The number of rotatable bonds is 6. The fourth-order valence-electron chi connectivity index (χ4n) is 1.65. The third-order valence-corrected chi connectivity index (χ3v) is 2.79. The maximum atomic E-state index is 5.65. The van der Waals surface area contributed by atoms with Crippen molar-refractivity contribution in [2.75, 3.05) is 12.5 Å². The van der Waals surface area contributed by atoms with Gasteiger partial charge in [0, 0.05) is 5.88 Å². The molecule has 0 amide bonds. The first-order valence-corrected chi connectivity index (χ1v) is 6.57. The molecule has 2 rings (SSSR count). The number of halogens is 1. The summed E-state index contributed by atoms with van der Waals surface area (Å²) in [5.41, 5.74) is 1.94. The van der Waals surface area contributed by atoms with Gasteiger partial charge in [-0.05, 0) is 44.0 Å². The first-order chi connectivity index (χ1) is 8.83. The normalized spacial score (nSPS) is 10.6. The Hall–Kier alpha value is -1.55. The molecule has 2 aromatic rings. The van der Waals surface area contributed by atoms with Crippen molar-refractivity contribution < 1.29 is 4.74 Å². The fraction of sp³-hybridized carbons (Fsp3) is 0.385. The SMILES string of the molecule is CCOc1ccc(-n2cc(CCCCl)nn2)cc1. The summed E-state index contributed by atoms with van der Waals surface area (Å²) in [6.07, 6.45) is 3.71. The lowest BCUT2D eigenvalue weighted by molar-refractivity contribution is 0.340. The third kappa shape index (κ3) is 3.23. The topological polar surface area (TPSA) is 39.9 Å². The summed E-state index contributed by atoms with van der Waals surface area (Å²) in [4.78, 5) is 0. The van der Waals surface area contributed by atoms with E-state index >= 15 is 0 Å². The zero-order valence-corrected chi connectivity index (χ0v) is 11.1. The van der Waals surface area contributed by atoms with E-state index in [0.717, 1.165) is 30.0 Å². The molecule has 1 aromatic carbocycles. The molecule has 0 aliphatic carbocycles. The van der Waals surface area contributed by atoms with Gasteiger partial charge in [-0.2, -0.15) is 0 Å². The number of aromatic nitrogens is 3. The molecule has 4 nitrogen and oxygen atoms in total. The maximum Gasteiger partial charge on any atom is 0.119 e. The number of benzene rings is 1. The Balaban J connectivity index is 2.08. The van der Waals surface area contributed by atoms with Crippen LogP contribution in [0.3, 0.4) is 0 Å². The summed E-state index contributed by atoms with van der Waals surface area (Å²) in [6.45, 7) is 2.64. The Morgan fingerprint density at radius 3 is 2.72 bits per heavy atom. The van der Waals surface area contributed by atoms with Gasteiger partial charge in [-0.25, -0.2) is 4.68 Å². The second-order valence-electron chi connectivity index (χ2n) is 3.87. The molecular formula is C13H16ClN3O. The number of aryl methyl sites for hydroxylation is 1. The van der Waals surface area contributed by atoms with E-state index in [2.05, 4.69) is 10.3 Å². The molecule has 5 heteroatoms. The second kappa shape index (κ2) is 6.40. The van der Waals surface area contributed by atoms with E-state index in [1.807, 2.05) is 37.4 Å². The zero-order valence-electron chi connectivity index (χ0n) is 10.3. The third-order valence-electron chi connectivity index (χ3n) is 2.52. The van der Waals surface area contributed by atoms with Gasteiger partial charge < -0.3 is 4.74 Å². The summed E-state index contributed by atoms with van der Waals surface area (Å²) >= 11 is 5.65. The van der Waals surface area contributed by atoms with Gasteiger partial charge in [0.15, 0.2) is 0 Å². The van der Waals surface area contributed by atoms with Crippen LogP contribution in [0.15, 0.2) is 30.5 Å². The van der Waals surface area contributed by atoms with E-state index in [1.54, 1.807) is 4.68 Å².